The van der Waals surface area contributed by atoms with Crippen molar-refractivity contribution in [3.05, 3.63) is 239 Å². The van der Waals surface area contributed by atoms with Crippen LogP contribution in [0.2, 0.25) is 0 Å². The van der Waals surface area contributed by atoms with E-state index >= 15 is 0 Å². The molecule has 10 aromatic carbocycles. The molecule has 0 unspecified atom stereocenters. The van der Waals surface area contributed by atoms with Gasteiger partial charge in [0.15, 0.2) is 0 Å². The second kappa shape index (κ2) is 38.3. The summed E-state index contributed by atoms with van der Waals surface area (Å²) in [7, 11) is -1.65. The van der Waals surface area contributed by atoms with Crippen LogP contribution in [0.1, 0.15) is 163 Å². The van der Waals surface area contributed by atoms with Gasteiger partial charge in [-0.05, 0) is 288 Å². The predicted molar refractivity (Wildman–Crippen MR) is 487 cm³/mol. The lowest BCUT2D eigenvalue weighted by atomic mass is 9.49. The molecule has 592 valence electrons. The fourth-order valence-corrected chi connectivity index (χ4v) is 14.4. The SMILES string of the molecule is Brc1ccc(-c2ccccc2)s1.C.C.C.C.C.C.C.CC1(C)OB(B2OC(C)(C)C(C)(C)O2)OC1(C)C.CC1(C)OB(c2ccc3cc(O)ccc3c2)OC1(C)C.CC1(C)OB(c2ccc3cc(O)ccc3c2)OC1(C)C.Oc1ccc2cc(-c3ccc(-c4ccccc4)s3)ccc2c1.Oc1ccc2cc(Br)ccc2c1. The van der Waals surface area contributed by atoms with Crippen LogP contribution in [0.5, 0.6) is 23.0 Å². The second-order valence-corrected chi connectivity index (χ2v) is 34.9. The van der Waals surface area contributed by atoms with Crippen molar-refractivity contribution in [2.75, 3.05) is 0 Å². The standard InChI is InChI=1S/C20H14OS.2C16H19BO3.C12H24B2O4.C10H7BrO.C10H7BrS.7CH4/c21-18-9-8-15-12-17(7-6-16(15)13-18)20-11-10-19(22-20)14-4-2-1-3-5-14;2*1-15(2)16(3,4)20-17(19-15)13-7-5-12-10-14(18)8-6-11(12)9-13;1-9(2)10(3,4)16-13(15-9)14-17-11(5,6)12(7,8)18-14;11-9-3-1-8-6-10(12)4-2-7(8)5-9;11-10-7-6-9(12-10)8-4-2-1-3-5-8;;;;;;;/h1-13,21H;2*5-10,18H,1-4H3;1-8H3;1-6,12H;1-7H;7*1H4. The average molecular weight is 1670 g/mol. The zero-order valence-corrected chi connectivity index (χ0v) is 66.7. The third kappa shape index (κ3) is 22.6. The maximum atomic E-state index is 9.55. The molecular weight excluding hydrogens is 1550 g/mol. The van der Waals surface area contributed by atoms with Gasteiger partial charge in [0.1, 0.15) is 23.0 Å². The molecule has 0 radical (unpaired) electrons. The third-order valence-electron chi connectivity index (χ3n) is 20.7. The summed E-state index contributed by atoms with van der Waals surface area (Å²) in [6.45, 7) is 32.6. The molecule has 4 aliphatic rings. The summed E-state index contributed by atoms with van der Waals surface area (Å²) < 4.78 is 50.3. The van der Waals surface area contributed by atoms with E-state index in [4.69, 9.17) is 37.2 Å². The minimum atomic E-state index is -0.476. The highest BCUT2D eigenvalue weighted by atomic mass is 79.9. The topological polar surface area (TPSA) is 155 Å². The molecule has 4 aliphatic heterocycles. The monoisotopic (exact) mass is 1670 g/mol. The molecule has 6 heterocycles. The third-order valence-corrected chi connectivity index (χ3v) is 24.1. The normalized spacial score (nSPS) is 17.0. The molecule has 0 aliphatic carbocycles. The number of thiophene rings is 2. The van der Waals surface area contributed by atoms with Gasteiger partial charge in [0.05, 0.1) is 48.6 Å². The number of aromatic hydroxyl groups is 4. The van der Waals surface area contributed by atoms with Crippen LogP contribution in [0.15, 0.2) is 239 Å². The molecule has 16 rings (SSSR count). The number of hydrogen-bond donors (Lipinski definition) is 4. The summed E-state index contributed by atoms with van der Waals surface area (Å²) in [6, 6.07) is 75.3. The maximum Gasteiger partial charge on any atom is 0.494 e. The van der Waals surface area contributed by atoms with Crippen LogP contribution in [0, 0.1) is 0 Å². The molecule has 0 saturated carbocycles. The van der Waals surface area contributed by atoms with Crippen LogP contribution < -0.4 is 10.9 Å². The maximum absolute atomic E-state index is 9.55. The summed E-state index contributed by atoms with van der Waals surface area (Å²) in [6.07, 6.45) is 0. The lowest BCUT2D eigenvalue weighted by molar-refractivity contribution is 0.00578. The summed E-state index contributed by atoms with van der Waals surface area (Å²) >= 11 is 10.4. The zero-order chi connectivity index (χ0) is 75.0. The molecule has 111 heavy (non-hydrogen) atoms. The molecule has 20 heteroatoms. The molecule has 2 aromatic heterocycles. The van der Waals surface area contributed by atoms with Gasteiger partial charge in [-0.3, -0.25) is 0 Å². The van der Waals surface area contributed by atoms with E-state index in [1.165, 1.54) is 35.1 Å². The second-order valence-electron chi connectivity index (χ2n) is 30.4. The van der Waals surface area contributed by atoms with Crippen molar-refractivity contribution in [2.24, 2.45) is 0 Å². The number of halogens is 2. The Kier molecular flexibility index (Phi) is 33.1. The quantitative estimate of drug-likeness (QED) is 0.117. The summed E-state index contributed by atoms with van der Waals surface area (Å²) in [4.78, 5) is 3.85. The van der Waals surface area contributed by atoms with E-state index in [1.54, 1.807) is 71.2 Å². The fraction of sp³-hybridized carbons (Fsp3) is 0.341. The van der Waals surface area contributed by atoms with Crippen molar-refractivity contribution in [2.45, 2.75) is 208 Å². The van der Waals surface area contributed by atoms with Crippen LogP contribution >= 0.6 is 54.5 Å². The number of hydrogen-bond acceptors (Lipinski definition) is 14. The summed E-state index contributed by atoms with van der Waals surface area (Å²) in [5.41, 5.74) is 2.99. The van der Waals surface area contributed by atoms with Gasteiger partial charge >= 0.3 is 28.3 Å². The zero-order valence-electron chi connectivity index (χ0n) is 61.9. The van der Waals surface area contributed by atoms with Gasteiger partial charge in [0, 0.05) is 19.1 Å². The average Bonchev–Trinajstić information content (AvgIpc) is 1.60. The van der Waals surface area contributed by atoms with E-state index in [1.807, 2.05) is 190 Å². The molecule has 12 nitrogen and oxygen atoms in total. The Bertz CT molecular complexity index is 4730. The highest BCUT2D eigenvalue weighted by molar-refractivity contribution is 9.11. The first-order chi connectivity index (χ1) is 48.9. The first kappa shape index (κ1) is 96.1. The molecule has 0 spiro atoms. The van der Waals surface area contributed by atoms with E-state index in [9.17, 15) is 20.4 Å². The molecule has 0 atom stereocenters. The number of fused-ring (bicyclic) bond motifs is 4. The van der Waals surface area contributed by atoms with Gasteiger partial charge in [0.25, 0.3) is 0 Å². The van der Waals surface area contributed by atoms with Crippen molar-refractivity contribution in [1.29, 1.82) is 0 Å². The Balaban J connectivity index is 0.000000281. The first-order valence-electron chi connectivity index (χ1n) is 34.8. The van der Waals surface area contributed by atoms with E-state index < -0.39 is 14.0 Å². The van der Waals surface area contributed by atoms with Gasteiger partial charge in [0.2, 0.25) is 0 Å². The number of rotatable bonds is 6. The van der Waals surface area contributed by atoms with Crippen molar-refractivity contribution in [1.82, 2.24) is 0 Å². The molecule has 0 amide bonds. The van der Waals surface area contributed by atoms with Gasteiger partial charge in [-0.1, -0.05) is 207 Å². The van der Waals surface area contributed by atoms with Gasteiger partial charge in [-0.25, -0.2) is 0 Å². The number of benzene rings is 10. The van der Waals surface area contributed by atoms with E-state index in [0.717, 1.165) is 58.5 Å². The Labute approximate surface area is 690 Å². The predicted octanol–water partition coefficient (Wildman–Crippen LogP) is 25.8. The highest BCUT2D eigenvalue weighted by Crippen LogP contribution is 2.44. The van der Waals surface area contributed by atoms with Crippen LogP contribution in [0.3, 0.4) is 0 Å². The lowest BCUT2D eigenvalue weighted by Crippen LogP contribution is -2.41. The van der Waals surface area contributed by atoms with Crippen molar-refractivity contribution in [3.8, 4) is 54.3 Å². The molecule has 4 N–H and O–H groups in total. The Morgan fingerprint density at radius 1 is 0.252 bits per heavy atom. The Morgan fingerprint density at radius 3 is 0.847 bits per heavy atom. The summed E-state index contributed by atoms with van der Waals surface area (Å²) in [5, 5.41) is 46.3. The molecule has 4 saturated heterocycles. The highest BCUT2D eigenvalue weighted by Gasteiger charge is 2.64. The van der Waals surface area contributed by atoms with E-state index in [0.29, 0.717) is 11.5 Å². The van der Waals surface area contributed by atoms with Crippen LogP contribution in [-0.2, 0) is 37.2 Å². The molecular formula is C91H118B4Br2O12S2. The number of phenols is 4. The Morgan fingerprint density at radius 2 is 0.514 bits per heavy atom. The minimum absolute atomic E-state index is 0. The van der Waals surface area contributed by atoms with Crippen molar-refractivity contribution in [3.63, 3.8) is 0 Å². The van der Waals surface area contributed by atoms with Crippen LogP contribution in [0.4, 0.5) is 0 Å². The fourth-order valence-electron chi connectivity index (χ4n) is 11.7. The van der Waals surface area contributed by atoms with E-state index in [2.05, 4.69) is 135 Å². The molecule has 12 aromatic rings. The largest absolute Gasteiger partial charge is 0.508 e. The van der Waals surface area contributed by atoms with Crippen molar-refractivity contribution < 1.29 is 57.7 Å². The Hall–Kier alpha value is -7.26. The van der Waals surface area contributed by atoms with Crippen molar-refractivity contribution >= 4 is 137 Å². The summed E-state index contributed by atoms with van der Waals surface area (Å²) in [5.74, 6) is 1.18. The van der Waals surface area contributed by atoms with Crippen LogP contribution in [0.25, 0.3) is 74.4 Å². The van der Waals surface area contributed by atoms with Gasteiger partial charge in [-0.2, -0.15) is 0 Å². The smallest absolute Gasteiger partial charge is 0.494 e. The van der Waals surface area contributed by atoms with Gasteiger partial charge < -0.3 is 57.7 Å². The first-order valence-corrected chi connectivity index (χ1v) is 38.0. The molecule has 4 fully saturated rings. The van der Waals surface area contributed by atoms with Gasteiger partial charge in [-0.15, -0.1) is 22.7 Å². The van der Waals surface area contributed by atoms with Crippen LogP contribution in [-0.4, -0.2) is 93.5 Å². The number of phenolic OH excluding ortho intramolecular Hbond substituents is 4. The lowest BCUT2D eigenvalue weighted by Gasteiger charge is -2.32. The molecule has 0 bridgehead atoms. The minimum Gasteiger partial charge on any atom is -0.508 e. The van der Waals surface area contributed by atoms with E-state index in [-0.39, 0.29) is 123 Å².